The number of aliphatic hydroxyl groups is 1. The Bertz CT molecular complexity index is 534. The van der Waals surface area contributed by atoms with Crippen LogP contribution < -0.4 is 0 Å². The van der Waals surface area contributed by atoms with E-state index in [9.17, 15) is 9.90 Å². The van der Waals surface area contributed by atoms with Gasteiger partial charge in [-0.1, -0.05) is 19.1 Å². The molecular weight excluding hydrogens is 314 g/mol. The smallest absolute Gasteiger partial charge is 0.253 e. The van der Waals surface area contributed by atoms with E-state index in [0.29, 0.717) is 12.6 Å². The Labute approximate surface area is 152 Å². The summed E-state index contributed by atoms with van der Waals surface area (Å²) in [5, 5.41) is 9.47. The number of piperazine rings is 1. The van der Waals surface area contributed by atoms with E-state index in [-0.39, 0.29) is 12.0 Å². The van der Waals surface area contributed by atoms with Gasteiger partial charge in [0.15, 0.2) is 0 Å². The highest BCUT2D eigenvalue weighted by Crippen LogP contribution is 2.13. The predicted octanol–water partition coefficient (Wildman–Crippen LogP) is 2.06. The Morgan fingerprint density at radius 1 is 1.12 bits per heavy atom. The number of β-amino-alcohol motifs (C(OH)–C–C–N with tert-alkyl or cyclic N) is 1. The summed E-state index contributed by atoms with van der Waals surface area (Å²) in [5.41, 5.74) is 2.01. The third-order valence-corrected chi connectivity index (χ3v) is 4.90. The SMILES string of the molecule is CCN(Cc1ccc(C(=O)N2CCN(C[C@H](C)O)CC2)cc1)C(C)C. The van der Waals surface area contributed by atoms with Crippen molar-refractivity contribution in [3.05, 3.63) is 35.4 Å². The van der Waals surface area contributed by atoms with Crippen molar-refractivity contribution in [1.29, 1.82) is 0 Å². The summed E-state index contributed by atoms with van der Waals surface area (Å²) in [6, 6.07) is 8.57. The van der Waals surface area contributed by atoms with Gasteiger partial charge in [-0.2, -0.15) is 0 Å². The van der Waals surface area contributed by atoms with Crippen molar-refractivity contribution >= 4 is 5.91 Å². The molecule has 1 aliphatic rings. The molecule has 1 fully saturated rings. The van der Waals surface area contributed by atoms with E-state index in [1.165, 1.54) is 5.56 Å². The predicted molar refractivity (Wildman–Crippen MR) is 102 cm³/mol. The van der Waals surface area contributed by atoms with Gasteiger partial charge in [-0.05, 0) is 45.0 Å². The number of hydrogen-bond acceptors (Lipinski definition) is 4. The molecule has 1 N–H and O–H groups in total. The fraction of sp³-hybridized carbons (Fsp3) is 0.650. The molecular formula is C20H33N3O2. The molecule has 0 unspecified atom stereocenters. The van der Waals surface area contributed by atoms with E-state index in [0.717, 1.165) is 44.8 Å². The van der Waals surface area contributed by atoms with Crippen LogP contribution in [0.2, 0.25) is 0 Å². The highest BCUT2D eigenvalue weighted by molar-refractivity contribution is 5.94. The Morgan fingerprint density at radius 3 is 2.20 bits per heavy atom. The molecule has 0 saturated carbocycles. The topological polar surface area (TPSA) is 47.0 Å². The van der Waals surface area contributed by atoms with Crippen LogP contribution >= 0.6 is 0 Å². The van der Waals surface area contributed by atoms with Crippen molar-refractivity contribution in [3.63, 3.8) is 0 Å². The standard InChI is InChI=1S/C20H33N3O2/c1-5-22(16(2)3)15-18-6-8-19(9-7-18)20(25)23-12-10-21(11-13-23)14-17(4)24/h6-9,16-17,24H,5,10-15H2,1-4H3/t17-/m0/s1. The van der Waals surface area contributed by atoms with Gasteiger partial charge in [0, 0.05) is 50.9 Å². The third kappa shape index (κ3) is 5.80. The lowest BCUT2D eigenvalue weighted by Crippen LogP contribution is -2.50. The summed E-state index contributed by atoms with van der Waals surface area (Å²) < 4.78 is 0. The van der Waals surface area contributed by atoms with Gasteiger partial charge in [-0.3, -0.25) is 14.6 Å². The minimum Gasteiger partial charge on any atom is -0.392 e. The van der Waals surface area contributed by atoms with Crippen LogP contribution in [0, 0.1) is 0 Å². The summed E-state index contributed by atoms with van der Waals surface area (Å²) in [4.78, 5) is 19.2. The summed E-state index contributed by atoms with van der Waals surface area (Å²) in [6.07, 6.45) is -0.316. The lowest BCUT2D eigenvalue weighted by Gasteiger charge is -2.35. The number of nitrogens with zero attached hydrogens (tertiary/aromatic N) is 3. The van der Waals surface area contributed by atoms with Crippen LogP contribution in [0.3, 0.4) is 0 Å². The van der Waals surface area contributed by atoms with Gasteiger partial charge in [0.25, 0.3) is 5.91 Å². The molecule has 1 aromatic carbocycles. The first kappa shape index (κ1) is 19.9. The molecule has 5 nitrogen and oxygen atoms in total. The van der Waals surface area contributed by atoms with Crippen molar-refractivity contribution in [2.24, 2.45) is 0 Å². The maximum atomic E-state index is 12.7. The monoisotopic (exact) mass is 347 g/mol. The molecule has 1 saturated heterocycles. The van der Waals surface area contributed by atoms with Crippen LogP contribution in [0.1, 0.15) is 43.6 Å². The van der Waals surface area contributed by atoms with Crippen molar-refractivity contribution in [1.82, 2.24) is 14.7 Å². The number of hydrogen-bond donors (Lipinski definition) is 1. The summed E-state index contributed by atoms with van der Waals surface area (Å²) in [7, 11) is 0. The molecule has 1 aromatic rings. The molecule has 0 spiro atoms. The largest absolute Gasteiger partial charge is 0.392 e. The molecule has 0 bridgehead atoms. The maximum Gasteiger partial charge on any atom is 0.253 e. The summed E-state index contributed by atoms with van der Waals surface area (Å²) in [6.45, 7) is 14.1. The second-order valence-corrected chi connectivity index (χ2v) is 7.30. The average molecular weight is 348 g/mol. The van der Waals surface area contributed by atoms with Gasteiger partial charge in [0.05, 0.1) is 6.10 Å². The zero-order valence-corrected chi connectivity index (χ0v) is 16.1. The summed E-state index contributed by atoms with van der Waals surface area (Å²) >= 11 is 0. The summed E-state index contributed by atoms with van der Waals surface area (Å²) in [5.74, 6) is 0.111. The lowest BCUT2D eigenvalue weighted by molar-refractivity contribution is 0.0554. The van der Waals surface area contributed by atoms with Crippen molar-refractivity contribution in [3.8, 4) is 0 Å². The number of amides is 1. The van der Waals surface area contributed by atoms with Gasteiger partial charge >= 0.3 is 0 Å². The molecule has 25 heavy (non-hydrogen) atoms. The fourth-order valence-electron chi connectivity index (χ4n) is 3.34. The van der Waals surface area contributed by atoms with Crippen LogP contribution in [0.15, 0.2) is 24.3 Å². The van der Waals surface area contributed by atoms with Gasteiger partial charge in [0.2, 0.25) is 0 Å². The first-order chi connectivity index (χ1) is 11.9. The van der Waals surface area contributed by atoms with E-state index in [2.05, 4.69) is 42.7 Å². The highest BCUT2D eigenvalue weighted by Gasteiger charge is 2.22. The second-order valence-electron chi connectivity index (χ2n) is 7.30. The lowest BCUT2D eigenvalue weighted by atomic mass is 10.1. The molecule has 1 amide bonds. The van der Waals surface area contributed by atoms with E-state index in [1.54, 1.807) is 6.92 Å². The first-order valence-corrected chi connectivity index (χ1v) is 9.43. The zero-order chi connectivity index (χ0) is 18.4. The molecule has 140 valence electrons. The molecule has 1 aliphatic heterocycles. The molecule has 2 rings (SSSR count). The number of carbonyl (C=O) groups excluding carboxylic acids is 1. The van der Waals surface area contributed by atoms with Crippen molar-refractivity contribution < 1.29 is 9.90 Å². The molecule has 1 atom stereocenters. The van der Waals surface area contributed by atoms with Crippen LogP contribution in [0.5, 0.6) is 0 Å². The number of aliphatic hydroxyl groups excluding tert-OH is 1. The highest BCUT2D eigenvalue weighted by atomic mass is 16.3. The minimum atomic E-state index is -0.316. The van der Waals surface area contributed by atoms with Crippen LogP contribution in [0.25, 0.3) is 0 Å². The molecule has 5 heteroatoms. The van der Waals surface area contributed by atoms with E-state index in [4.69, 9.17) is 0 Å². The second kappa shape index (κ2) is 9.32. The van der Waals surface area contributed by atoms with E-state index >= 15 is 0 Å². The van der Waals surface area contributed by atoms with Gasteiger partial charge in [-0.25, -0.2) is 0 Å². The maximum absolute atomic E-state index is 12.7. The van der Waals surface area contributed by atoms with E-state index in [1.807, 2.05) is 17.0 Å². The normalized spacial score (nSPS) is 17.3. The third-order valence-electron chi connectivity index (χ3n) is 4.90. The zero-order valence-electron chi connectivity index (χ0n) is 16.1. The van der Waals surface area contributed by atoms with Gasteiger partial charge < -0.3 is 10.0 Å². The van der Waals surface area contributed by atoms with Crippen LogP contribution in [-0.2, 0) is 6.54 Å². The van der Waals surface area contributed by atoms with Crippen LogP contribution in [-0.4, -0.2) is 77.1 Å². The molecule has 0 aliphatic carbocycles. The Morgan fingerprint density at radius 2 is 1.72 bits per heavy atom. The molecule has 0 radical (unpaired) electrons. The Balaban J connectivity index is 1.90. The minimum absolute atomic E-state index is 0.111. The Kier molecular flexibility index (Phi) is 7.41. The molecule has 1 heterocycles. The first-order valence-electron chi connectivity index (χ1n) is 9.43. The fourth-order valence-corrected chi connectivity index (χ4v) is 3.34. The van der Waals surface area contributed by atoms with E-state index < -0.39 is 0 Å². The van der Waals surface area contributed by atoms with Gasteiger partial charge in [-0.15, -0.1) is 0 Å². The number of benzene rings is 1. The molecule has 0 aromatic heterocycles. The Hall–Kier alpha value is -1.43. The van der Waals surface area contributed by atoms with Crippen LogP contribution in [0.4, 0.5) is 0 Å². The van der Waals surface area contributed by atoms with Crippen molar-refractivity contribution in [2.45, 2.75) is 46.4 Å². The van der Waals surface area contributed by atoms with Crippen molar-refractivity contribution in [2.75, 3.05) is 39.3 Å². The number of carbonyl (C=O) groups is 1. The number of rotatable bonds is 7. The van der Waals surface area contributed by atoms with Gasteiger partial charge in [0.1, 0.15) is 0 Å². The average Bonchev–Trinajstić information content (AvgIpc) is 2.59. The quantitative estimate of drug-likeness (QED) is 0.820.